The van der Waals surface area contributed by atoms with Crippen molar-refractivity contribution in [3.05, 3.63) is 86.3 Å². The van der Waals surface area contributed by atoms with E-state index >= 15 is 0 Å². The summed E-state index contributed by atoms with van der Waals surface area (Å²) >= 11 is 8.37. The van der Waals surface area contributed by atoms with E-state index in [9.17, 15) is 22.8 Å². The first kappa shape index (κ1) is 27.7. The molecule has 7 nitrogen and oxygen atoms in total. The first-order chi connectivity index (χ1) is 18.0. The van der Waals surface area contributed by atoms with E-state index in [1.165, 1.54) is 11.3 Å². The number of carbonyl (C=O) groups is 2. The van der Waals surface area contributed by atoms with Gasteiger partial charge in [0.15, 0.2) is 11.0 Å². The third kappa shape index (κ3) is 6.37. The topological polar surface area (TPSA) is 88.9 Å². The quantitative estimate of drug-likeness (QED) is 0.240. The first-order valence-corrected chi connectivity index (χ1v) is 13.4. The van der Waals surface area contributed by atoms with Crippen LogP contribution < -0.4 is 10.6 Å². The number of hydrogen-bond acceptors (Lipinski definition) is 6. The molecule has 0 aliphatic heterocycles. The molecule has 0 atom stereocenters. The highest BCUT2D eigenvalue weighted by molar-refractivity contribution is 7.99. The van der Waals surface area contributed by atoms with E-state index < -0.39 is 17.6 Å². The summed E-state index contributed by atoms with van der Waals surface area (Å²) in [5, 5.41) is 15.9. The molecule has 0 saturated heterocycles. The Labute approximate surface area is 229 Å². The van der Waals surface area contributed by atoms with Crippen LogP contribution in [-0.4, -0.2) is 32.3 Å². The van der Waals surface area contributed by atoms with Gasteiger partial charge in [-0.25, -0.2) is 0 Å². The fourth-order valence-electron chi connectivity index (χ4n) is 3.50. The molecule has 2 aromatic heterocycles. The Morgan fingerprint density at radius 2 is 1.89 bits per heavy atom. The van der Waals surface area contributed by atoms with E-state index in [1.807, 2.05) is 32.0 Å². The lowest BCUT2D eigenvalue weighted by atomic mass is 10.1. The molecule has 2 aromatic carbocycles. The number of anilines is 1. The van der Waals surface area contributed by atoms with Gasteiger partial charge in [-0.05, 0) is 60.7 Å². The van der Waals surface area contributed by atoms with Crippen LogP contribution in [0.25, 0.3) is 5.69 Å². The standard InChI is InChI=1S/C25H21ClF3N5O2S2/c1-14-5-3-6-19(15(14)2)34-21(12-30-23(36)20-7-4-10-37-20)32-33-24(34)38-13-22(35)31-18-11-16(25(27,28)29)8-9-17(18)26/h3-11H,12-13H2,1-2H3,(H,30,36)(H,31,35). The number of thioether (sulfide) groups is 1. The minimum atomic E-state index is -4.57. The number of alkyl halides is 3. The van der Waals surface area contributed by atoms with Crippen molar-refractivity contribution in [2.75, 3.05) is 11.1 Å². The van der Waals surface area contributed by atoms with Gasteiger partial charge in [-0.15, -0.1) is 21.5 Å². The first-order valence-electron chi connectivity index (χ1n) is 11.2. The van der Waals surface area contributed by atoms with Crippen LogP contribution >= 0.6 is 34.7 Å². The van der Waals surface area contributed by atoms with E-state index in [2.05, 4.69) is 20.8 Å². The van der Waals surface area contributed by atoms with Gasteiger partial charge in [0.2, 0.25) is 5.91 Å². The van der Waals surface area contributed by atoms with Crippen LogP contribution in [-0.2, 0) is 17.5 Å². The molecule has 0 unspecified atom stereocenters. The second-order valence-electron chi connectivity index (χ2n) is 8.14. The summed E-state index contributed by atoms with van der Waals surface area (Å²) in [6.45, 7) is 3.99. The zero-order valence-electron chi connectivity index (χ0n) is 20.1. The van der Waals surface area contributed by atoms with Crippen molar-refractivity contribution < 1.29 is 22.8 Å². The van der Waals surface area contributed by atoms with E-state index in [-0.39, 0.29) is 28.9 Å². The van der Waals surface area contributed by atoms with Gasteiger partial charge in [-0.1, -0.05) is 41.6 Å². The molecule has 2 amide bonds. The lowest BCUT2D eigenvalue weighted by molar-refractivity contribution is -0.137. The van der Waals surface area contributed by atoms with Gasteiger partial charge in [-0.3, -0.25) is 14.2 Å². The number of carbonyl (C=O) groups excluding carboxylic acids is 2. The number of rotatable bonds is 8. The number of nitrogens with one attached hydrogen (secondary N) is 2. The van der Waals surface area contributed by atoms with Crippen LogP contribution in [0.4, 0.5) is 18.9 Å². The van der Waals surface area contributed by atoms with Gasteiger partial charge >= 0.3 is 6.18 Å². The summed E-state index contributed by atoms with van der Waals surface area (Å²) in [6, 6.07) is 11.9. The highest BCUT2D eigenvalue weighted by Gasteiger charge is 2.31. The molecule has 0 saturated carbocycles. The Morgan fingerprint density at radius 1 is 1.11 bits per heavy atom. The molecule has 0 bridgehead atoms. The average molecular weight is 580 g/mol. The van der Waals surface area contributed by atoms with Gasteiger partial charge in [-0.2, -0.15) is 13.2 Å². The average Bonchev–Trinajstić information content (AvgIpc) is 3.54. The molecule has 4 rings (SSSR count). The van der Waals surface area contributed by atoms with E-state index in [4.69, 9.17) is 11.6 Å². The number of nitrogens with zero attached hydrogens (tertiary/aromatic N) is 3. The fraction of sp³-hybridized carbons (Fsp3) is 0.200. The maximum absolute atomic E-state index is 13.1. The molecule has 0 radical (unpaired) electrons. The predicted molar refractivity (Wildman–Crippen MR) is 142 cm³/mol. The summed E-state index contributed by atoms with van der Waals surface area (Å²) in [5.41, 5.74) is 1.70. The summed E-state index contributed by atoms with van der Waals surface area (Å²) in [6.07, 6.45) is -4.57. The van der Waals surface area contributed by atoms with Crippen LogP contribution in [0.2, 0.25) is 5.02 Å². The van der Waals surface area contributed by atoms with Gasteiger partial charge in [0, 0.05) is 0 Å². The van der Waals surface area contributed by atoms with Crippen molar-refractivity contribution in [3.8, 4) is 5.69 Å². The van der Waals surface area contributed by atoms with Gasteiger partial charge in [0.1, 0.15) is 0 Å². The maximum Gasteiger partial charge on any atom is 0.416 e. The molecule has 38 heavy (non-hydrogen) atoms. The van der Waals surface area contributed by atoms with Crippen LogP contribution in [0.3, 0.4) is 0 Å². The number of hydrogen-bond donors (Lipinski definition) is 2. The van der Waals surface area contributed by atoms with Crippen molar-refractivity contribution in [2.45, 2.75) is 31.7 Å². The molecular weight excluding hydrogens is 559 g/mol. The van der Waals surface area contributed by atoms with Crippen molar-refractivity contribution >= 4 is 52.2 Å². The van der Waals surface area contributed by atoms with Crippen LogP contribution in [0.1, 0.15) is 32.2 Å². The lowest BCUT2D eigenvalue weighted by Gasteiger charge is -2.15. The predicted octanol–water partition coefficient (Wildman–Crippen LogP) is 6.28. The smallest absolute Gasteiger partial charge is 0.344 e. The normalized spacial score (nSPS) is 11.4. The van der Waals surface area contributed by atoms with Crippen molar-refractivity contribution in [2.24, 2.45) is 0 Å². The highest BCUT2D eigenvalue weighted by Crippen LogP contribution is 2.34. The minimum Gasteiger partial charge on any atom is -0.344 e. The Bertz CT molecular complexity index is 1470. The Kier molecular flexibility index (Phi) is 8.44. The summed E-state index contributed by atoms with van der Waals surface area (Å²) in [7, 11) is 0. The van der Waals surface area contributed by atoms with Gasteiger partial charge in [0.25, 0.3) is 5.91 Å². The molecule has 0 aliphatic rings. The molecule has 2 heterocycles. The number of aromatic nitrogens is 3. The van der Waals surface area contributed by atoms with Crippen LogP contribution in [0, 0.1) is 13.8 Å². The Morgan fingerprint density at radius 3 is 2.61 bits per heavy atom. The molecule has 4 aromatic rings. The lowest BCUT2D eigenvalue weighted by Crippen LogP contribution is -2.24. The molecule has 0 fully saturated rings. The Balaban J connectivity index is 1.54. The SMILES string of the molecule is Cc1cccc(-n2c(CNC(=O)c3cccs3)nnc2SCC(=O)Nc2cc(C(F)(F)F)ccc2Cl)c1C. The third-order valence-electron chi connectivity index (χ3n) is 5.57. The maximum atomic E-state index is 13.1. The fourth-order valence-corrected chi connectivity index (χ4v) is 5.06. The monoisotopic (exact) mass is 579 g/mol. The van der Waals surface area contributed by atoms with Crippen LogP contribution in [0.15, 0.2) is 59.1 Å². The second-order valence-corrected chi connectivity index (χ2v) is 10.4. The number of amides is 2. The summed E-state index contributed by atoms with van der Waals surface area (Å²) in [4.78, 5) is 25.7. The third-order valence-corrected chi connectivity index (χ3v) is 7.70. The number of halogens is 4. The Hall–Kier alpha value is -3.35. The van der Waals surface area contributed by atoms with E-state index in [1.54, 1.807) is 22.1 Å². The zero-order chi connectivity index (χ0) is 27.4. The minimum absolute atomic E-state index is 0.0151. The molecule has 0 aliphatic carbocycles. The highest BCUT2D eigenvalue weighted by atomic mass is 35.5. The largest absolute Gasteiger partial charge is 0.416 e. The van der Waals surface area contributed by atoms with Gasteiger partial charge in [0.05, 0.1) is 39.1 Å². The number of aryl methyl sites for hydroxylation is 1. The van der Waals surface area contributed by atoms with Crippen molar-refractivity contribution in [3.63, 3.8) is 0 Å². The van der Waals surface area contributed by atoms with Crippen molar-refractivity contribution in [1.82, 2.24) is 20.1 Å². The molecular formula is C25H21ClF3N5O2S2. The van der Waals surface area contributed by atoms with Gasteiger partial charge < -0.3 is 10.6 Å². The van der Waals surface area contributed by atoms with Crippen molar-refractivity contribution in [1.29, 1.82) is 0 Å². The molecule has 2 N–H and O–H groups in total. The number of thiophene rings is 1. The summed E-state index contributed by atoms with van der Waals surface area (Å²) < 4.78 is 40.9. The van der Waals surface area contributed by atoms with Crippen LogP contribution in [0.5, 0.6) is 0 Å². The summed E-state index contributed by atoms with van der Waals surface area (Å²) in [5.74, 6) is -0.536. The molecule has 0 spiro atoms. The second kappa shape index (κ2) is 11.6. The van der Waals surface area contributed by atoms with E-state index in [0.29, 0.717) is 15.9 Å². The molecule has 198 valence electrons. The molecule has 13 heteroatoms. The zero-order valence-corrected chi connectivity index (χ0v) is 22.5. The van der Waals surface area contributed by atoms with E-state index in [0.717, 1.165) is 46.8 Å². The number of benzene rings is 2.